The third-order valence-electron chi connectivity index (χ3n) is 3.60. The largest absolute Gasteiger partial charge is 0.243 e. The maximum absolute atomic E-state index is 4.88. The third-order valence-corrected chi connectivity index (χ3v) is 5.26. The molecule has 0 fully saturated rings. The van der Waals surface area contributed by atoms with Crippen LogP contribution in [0.4, 0.5) is 0 Å². The van der Waals surface area contributed by atoms with Crippen molar-refractivity contribution in [2.75, 3.05) is 0 Å². The van der Waals surface area contributed by atoms with Crippen LogP contribution in [0.25, 0.3) is 21.5 Å². The van der Waals surface area contributed by atoms with Crippen LogP contribution in [0.2, 0.25) is 0 Å². The summed E-state index contributed by atoms with van der Waals surface area (Å²) in [6, 6.07) is 6.35. The Morgan fingerprint density at radius 3 is 2.86 bits per heavy atom. The molecule has 0 aliphatic rings. The second-order valence-corrected chi connectivity index (χ2v) is 6.95. The van der Waals surface area contributed by atoms with Crippen molar-refractivity contribution in [3.8, 4) is 10.4 Å². The van der Waals surface area contributed by atoms with Gasteiger partial charge in [-0.05, 0) is 68.2 Å². The van der Waals surface area contributed by atoms with Crippen LogP contribution in [-0.4, -0.2) is 10.3 Å². The smallest absolute Gasteiger partial charge is 0.150 e. The number of rotatable bonds is 6. The van der Waals surface area contributed by atoms with E-state index in [2.05, 4.69) is 50.7 Å². The normalized spacial score (nSPS) is 11.3. The minimum absolute atomic E-state index is 0.783. The number of aryl methyl sites for hydroxylation is 1. The van der Waals surface area contributed by atoms with Crippen LogP contribution in [0.5, 0.6) is 0 Å². The molecular weight excluding hydrogens is 348 g/mol. The summed E-state index contributed by atoms with van der Waals surface area (Å²) in [5.41, 5.74) is 4.12. The van der Waals surface area contributed by atoms with Gasteiger partial charge in [0.15, 0.2) is 0 Å². The SMILES string of the molecule is CCCCCCc1csc(-c2ccc(Br)c3nonc23)c1. The lowest BCUT2D eigenvalue weighted by atomic mass is 10.1. The van der Waals surface area contributed by atoms with Crippen molar-refractivity contribution in [2.45, 2.75) is 39.0 Å². The van der Waals surface area contributed by atoms with Crippen molar-refractivity contribution in [1.29, 1.82) is 0 Å². The quantitative estimate of drug-likeness (QED) is 0.516. The number of unbranched alkanes of at least 4 members (excludes halogenated alkanes) is 3. The second-order valence-electron chi connectivity index (χ2n) is 5.19. The zero-order valence-corrected chi connectivity index (χ0v) is 14.3. The number of fused-ring (bicyclic) bond motifs is 1. The monoisotopic (exact) mass is 364 g/mol. The number of thiophene rings is 1. The van der Waals surface area contributed by atoms with Gasteiger partial charge in [0.2, 0.25) is 0 Å². The highest BCUT2D eigenvalue weighted by atomic mass is 79.9. The van der Waals surface area contributed by atoms with Gasteiger partial charge in [-0.1, -0.05) is 26.2 Å². The molecule has 0 radical (unpaired) electrons. The molecule has 0 aliphatic heterocycles. The Kier molecular flexibility index (Phi) is 4.70. The zero-order valence-electron chi connectivity index (χ0n) is 11.9. The molecule has 0 saturated heterocycles. The molecular formula is C16H17BrN2OS. The molecule has 3 aromatic rings. The van der Waals surface area contributed by atoms with E-state index in [0.29, 0.717) is 0 Å². The van der Waals surface area contributed by atoms with E-state index >= 15 is 0 Å². The second kappa shape index (κ2) is 6.71. The van der Waals surface area contributed by atoms with Crippen LogP contribution < -0.4 is 0 Å². The Bertz CT molecular complexity index is 735. The highest BCUT2D eigenvalue weighted by Gasteiger charge is 2.13. The van der Waals surface area contributed by atoms with E-state index in [9.17, 15) is 0 Å². The van der Waals surface area contributed by atoms with Crippen LogP contribution in [0.15, 0.2) is 32.7 Å². The molecule has 0 aliphatic carbocycles. The fraction of sp³-hybridized carbons (Fsp3) is 0.375. The van der Waals surface area contributed by atoms with Crippen molar-refractivity contribution in [2.24, 2.45) is 0 Å². The number of benzene rings is 1. The molecule has 21 heavy (non-hydrogen) atoms. The number of halogens is 1. The molecule has 0 atom stereocenters. The van der Waals surface area contributed by atoms with Gasteiger partial charge in [-0.25, -0.2) is 4.63 Å². The summed E-state index contributed by atoms with van der Waals surface area (Å²) >= 11 is 5.24. The number of nitrogens with zero attached hydrogens (tertiary/aromatic N) is 2. The molecule has 1 aromatic carbocycles. The molecule has 110 valence electrons. The van der Waals surface area contributed by atoms with Crippen molar-refractivity contribution >= 4 is 38.3 Å². The van der Waals surface area contributed by atoms with E-state index in [1.54, 1.807) is 11.3 Å². The molecule has 0 spiro atoms. The Morgan fingerprint density at radius 2 is 2.00 bits per heavy atom. The molecule has 5 heteroatoms. The van der Waals surface area contributed by atoms with E-state index < -0.39 is 0 Å². The molecule has 2 aromatic heterocycles. The van der Waals surface area contributed by atoms with Crippen molar-refractivity contribution in [1.82, 2.24) is 10.3 Å². The predicted octanol–water partition coefficient (Wildman–Crippen LogP) is 5.84. The summed E-state index contributed by atoms with van der Waals surface area (Å²) in [5, 5.41) is 10.2. The topological polar surface area (TPSA) is 38.9 Å². The average molecular weight is 365 g/mol. The van der Waals surface area contributed by atoms with Crippen LogP contribution in [-0.2, 0) is 6.42 Å². The van der Waals surface area contributed by atoms with E-state index in [1.807, 2.05) is 6.07 Å². The summed E-state index contributed by atoms with van der Waals surface area (Å²) in [6.07, 6.45) is 6.36. The van der Waals surface area contributed by atoms with Gasteiger partial charge in [0.05, 0.1) is 0 Å². The third kappa shape index (κ3) is 3.19. The summed E-state index contributed by atoms with van der Waals surface area (Å²) in [5.74, 6) is 0. The number of aromatic nitrogens is 2. The molecule has 0 saturated carbocycles. The molecule has 0 bridgehead atoms. The van der Waals surface area contributed by atoms with Crippen LogP contribution in [0, 0.1) is 0 Å². The maximum Gasteiger partial charge on any atom is 0.150 e. The van der Waals surface area contributed by atoms with E-state index in [4.69, 9.17) is 4.63 Å². The first-order valence-corrected chi connectivity index (χ1v) is 8.95. The predicted molar refractivity (Wildman–Crippen MR) is 90.7 cm³/mol. The first-order valence-electron chi connectivity index (χ1n) is 7.28. The van der Waals surface area contributed by atoms with Crippen LogP contribution >= 0.6 is 27.3 Å². The summed E-state index contributed by atoms with van der Waals surface area (Å²) in [4.78, 5) is 1.23. The van der Waals surface area contributed by atoms with Crippen LogP contribution in [0.1, 0.15) is 38.2 Å². The van der Waals surface area contributed by atoms with E-state index in [-0.39, 0.29) is 0 Å². The van der Waals surface area contributed by atoms with Gasteiger partial charge in [-0.2, -0.15) is 0 Å². The highest BCUT2D eigenvalue weighted by molar-refractivity contribution is 9.10. The first-order chi connectivity index (χ1) is 10.3. The number of hydrogen-bond acceptors (Lipinski definition) is 4. The van der Waals surface area contributed by atoms with E-state index in [1.165, 1.54) is 36.1 Å². The Balaban J connectivity index is 1.82. The van der Waals surface area contributed by atoms with Crippen molar-refractivity contribution in [3.05, 3.63) is 33.6 Å². The van der Waals surface area contributed by atoms with Crippen molar-refractivity contribution in [3.63, 3.8) is 0 Å². The summed E-state index contributed by atoms with van der Waals surface area (Å²) in [7, 11) is 0. The molecule has 0 amide bonds. The summed E-state index contributed by atoms with van der Waals surface area (Å²) in [6.45, 7) is 2.24. The molecule has 0 unspecified atom stereocenters. The minimum Gasteiger partial charge on any atom is -0.243 e. The van der Waals surface area contributed by atoms with Crippen molar-refractivity contribution < 1.29 is 4.63 Å². The van der Waals surface area contributed by atoms with Crippen LogP contribution in [0.3, 0.4) is 0 Å². The van der Waals surface area contributed by atoms with Gasteiger partial charge in [0.1, 0.15) is 11.0 Å². The fourth-order valence-electron chi connectivity index (χ4n) is 2.44. The molecule has 0 N–H and O–H groups in total. The minimum atomic E-state index is 0.783. The molecule has 2 heterocycles. The number of hydrogen-bond donors (Lipinski definition) is 0. The lowest BCUT2D eigenvalue weighted by Crippen LogP contribution is -1.83. The molecule has 3 rings (SSSR count). The lowest BCUT2D eigenvalue weighted by molar-refractivity contribution is 0.315. The Morgan fingerprint density at radius 1 is 1.14 bits per heavy atom. The van der Waals surface area contributed by atoms with E-state index in [0.717, 1.165) is 27.5 Å². The van der Waals surface area contributed by atoms with Gasteiger partial charge < -0.3 is 0 Å². The maximum atomic E-state index is 4.88. The Labute approximate surface area is 136 Å². The molecule has 3 nitrogen and oxygen atoms in total. The van der Waals surface area contributed by atoms with Gasteiger partial charge >= 0.3 is 0 Å². The van der Waals surface area contributed by atoms with Gasteiger partial charge in [0, 0.05) is 14.9 Å². The summed E-state index contributed by atoms with van der Waals surface area (Å²) < 4.78 is 5.80. The highest BCUT2D eigenvalue weighted by Crippen LogP contribution is 2.35. The first kappa shape index (κ1) is 14.7. The van der Waals surface area contributed by atoms with Gasteiger partial charge in [-0.3, -0.25) is 0 Å². The lowest BCUT2D eigenvalue weighted by Gasteiger charge is -1.99. The fourth-order valence-corrected chi connectivity index (χ4v) is 3.81. The standard InChI is InChI=1S/C16H17BrN2OS/c1-2-3-4-5-6-11-9-14(21-10-11)12-7-8-13(17)16-15(12)18-20-19-16/h7-10H,2-6H2,1H3. The Hall–Kier alpha value is -1.20. The van der Waals surface area contributed by atoms with Gasteiger partial charge in [-0.15, -0.1) is 11.3 Å². The average Bonchev–Trinajstić information content (AvgIpc) is 3.14. The van der Waals surface area contributed by atoms with Gasteiger partial charge in [0.25, 0.3) is 0 Å². The zero-order chi connectivity index (χ0) is 14.7.